The predicted molar refractivity (Wildman–Crippen MR) is 116 cm³/mol. The Morgan fingerprint density at radius 3 is 2.18 bits per heavy atom. The van der Waals surface area contributed by atoms with Crippen LogP contribution in [-0.2, 0) is 4.74 Å². The minimum absolute atomic E-state index is 0.122. The smallest absolute Gasteiger partial charge is 0.407 e. The number of hydrogen-bond donors (Lipinski definition) is 1. The summed E-state index contributed by atoms with van der Waals surface area (Å²) in [4.78, 5) is 14.7. The number of para-hydroxylation sites is 1. The molecule has 0 bridgehead atoms. The Hall–Kier alpha value is -1.75. The summed E-state index contributed by atoms with van der Waals surface area (Å²) in [5, 5.41) is 2.92. The van der Waals surface area contributed by atoms with Gasteiger partial charge in [-0.05, 0) is 30.4 Å². The van der Waals surface area contributed by atoms with Crippen LogP contribution in [0.3, 0.4) is 0 Å². The van der Waals surface area contributed by atoms with Gasteiger partial charge < -0.3 is 14.8 Å². The van der Waals surface area contributed by atoms with E-state index < -0.39 is 0 Å². The first kappa shape index (κ1) is 24.3. The number of benzene rings is 1. The number of amides is 1. The number of methoxy groups -OCH3 is 1. The van der Waals surface area contributed by atoms with E-state index in [2.05, 4.69) is 71.7 Å². The van der Waals surface area contributed by atoms with Gasteiger partial charge in [-0.3, -0.25) is 4.90 Å². The van der Waals surface area contributed by atoms with E-state index in [9.17, 15) is 4.79 Å². The van der Waals surface area contributed by atoms with Crippen LogP contribution >= 0.6 is 0 Å². The van der Waals surface area contributed by atoms with E-state index in [0.29, 0.717) is 6.54 Å². The first-order valence-corrected chi connectivity index (χ1v) is 10.2. The molecular weight excluding hydrogens is 352 g/mol. The summed E-state index contributed by atoms with van der Waals surface area (Å²) in [6.07, 6.45) is -0.523. The monoisotopic (exact) mass is 392 g/mol. The second-order valence-corrected chi connectivity index (χ2v) is 9.49. The van der Waals surface area contributed by atoms with Crippen LogP contribution in [0.1, 0.15) is 67.0 Å². The van der Waals surface area contributed by atoms with Crippen LogP contribution in [-0.4, -0.2) is 43.8 Å². The molecule has 0 saturated carbocycles. The maximum Gasteiger partial charge on any atom is 0.407 e. The summed E-state index contributed by atoms with van der Waals surface area (Å²) < 4.78 is 11.3. The van der Waals surface area contributed by atoms with Crippen LogP contribution in [0.25, 0.3) is 0 Å². The average molecular weight is 393 g/mol. The Labute approximate surface area is 171 Å². The predicted octanol–water partition coefficient (Wildman–Crippen LogP) is 5.27. The zero-order chi connectivity index (χ0) is 21.5. The Balaban J connectivity index is 2.66. The van der Waals surface area contributed by atoms with Crippen molar-refractivity contribution in [3.63, 3.8) is 0 Å². The largest absolute Gasteiger partial charge is 0.496 e. The first-order valence-electron chi connectivity index (χ1n) is 10.2. The van der Waals surface area contributed by atoms with Crippen LogP contribution < -0.4 is 10.1 Å². The van der Waals surface area contributed by atoms with Crippen molar-refractivity contribution in [2.45, 2.75) is 67.5 Å². The normalized spacial score (nSPS) is 13.5. The molecule has 1 amide bonds. The zero-order valence-electron chi connectivity index (χ0n) is 19.3. The highest BCUT2D eigenvalue weighted by molar-refractivity contribution is 5.67. The number of carbonyl (C=O) groups excluding carboxylic acids is 1. The van der Waals surface area contributed by atoms with Gasteiger partial charge in [-0.2, -0.15) is 0 Å². The summed E-state index contributed by atoms with van der Waals surface area (Å²) in [5.41, 5.74) is 0.905. The van der Waals surface area contributed by atoms with Gasteiger partial charge in [0.1, 0.15) is 11.9 Å². The highest BCUT2D eigenvalue weighted by Gasteiger charge is 2.38. The third-order valence-corrected chi connectivity index (χ3v) is 5.01. The van der Waals surface area contributed by atoms with Gasteiger partial charge in [0.15, 0.2) is 0 Å². The summed E-state index contributed by atoms with van der Waals surface area (Å²) in [5.74, 6) is 0.888. The van der Waals surface area contributed by atoms with Crippen molar-refractivity contribution in [3.05, 3.63) is 29.8 Å². The highest BCUT2D eigenvalue weighted by Crippen LogP contribution is 2.36. The van der Waals surface area contributed by atoms with Gasteiger partial charge in [0.25, 0.3) is 0 Å². The number of alkyl carbamates (subject to hydrolysis) is 1. The first-order chi connectivity index (χ1) is 12.9. The van der Waals surface area contributed by atoms with Crippen molar-refractivity contribution < 1.29 is 14.3 Å². The van der Waals surface area contributed by atoms with Gasteiger partial charge >= 0.3 is 6.09 Å². The number of ether oxygens (including phenoxy) is 2. The fourth-order valence-corrected chi connectivity index (χ4v) is 3.94. The Kier molecular flexibility index (Phi) is 8.80. The van der Waals surface area contributed by atoms with Crippen LogP contribution in [0.4, 0.5) is 4.79 Å². The number of nitrogens with zero attached hydrogens (tertiary/aromatic N) is 1. The zero-order valence-corrected chi connectivity index (χ0v) is 19.3. The molecule has 160 valence electrons. The second kappa shape index (κ2) is 10.1. The Bertz CT molecular complexity index is 603. The molecule has 0 aromatic heterocycles. The molecule has 0 aliphatic rings. The molecule has 5 heteroatoms. The highest BCUT2D eigenvalue weighted by atomic mass is 16.6. The molecule has 0 saturated heterocycles. The van der Waals surface area contributed by atoms with Gasteiger partial charge in [-0.1, -0.05) is 66.7 Å². The third kappa shape index (κ3) is 7.01. The Morgan fingerprint density at radius 2 is 1.68 bits per heavy atom. The number of hydrogen-bond acceptors (Lipinski definition) is 4. The van der Waals surface area contributed by atoms with E-state index in [4.69, 9.17) is 9.47 Å². The average Bonchev–Trinajstić information content (AvgIpc) is 2.60. The second-order valence-electron chi connectivity index (χ2n) is 9.49. The molecule has 0 unspecified atom stereocenters. The molecule has 1 aromatic rings. The third-order valence-electron chi connectivity index (χ3n) is 5.01. The van der Waals surface area contributed by atoms with E-state index in [-0.39, 0.29) is 29.1 Å². The maximum atomic E-state index is 12.4. The van der Waals surface area contributed by atoms with E-state index in [1.807, 2.05) is 18.2 Å². The number of carbonyl (C=O) groups is 1. The molecule has 0 radical (unpaired) electrons. The standard InChI is InChI=1S/C23H40N2O3/c1-10-25(17(2)18-13-11-12-14-19(18)27-9)16-15-24-21(26)28-20(22(3,4)5)23(6,7)8/h11-14,17,20H,10,15-16H2,1-9H3,(H,24,26)/t17-/m0/s1. The van der Waals surface area contributed by atoms with Gasteiger partial charge in [-0.15, -0.1) is 0 Å². The molecule has 0 fully saturated rings. The fourth-order valence-electron chi connectivity index (χ4n) is 3.94. The van der Waals surface area contributed by atoms with E-state index in [1.165, 1.54) is 0 Å². The number of rotatable bonds is 8. The number of nitrogens with one attached hydrogen (secondary N) is 1. The summed E-state index contributed by atoms with van der Waals surface area (Å²) in [7, 11) is 1.69. The van der Waals surface area contributed by atoms with Crippen molar-refractivity contribution in [2.75, 3.05) is 26.7 Å². The molecule has 1 N–H and O–H groups in total. The molecule has 5 nitrogen and oxygen atoms in total. The van der Waals surface area contributed by atoms with E-state index in [0.717, 1.165) is 24.4 Å². The maximum absolute atomic E-state index is 12.4. The van der Waals surface area contributed by atoms with Gasteiger partial charge in [-0.25, -0.2) is 4.79 Å². The van der Waals surface area contributed by atoms with Crippen molar-refractivity contribution in [2.24, 2.45) is 10.8 Å². The van der Waals surface area contributed by atoms with Crippen molar-refractivity contribution in [1.82, 2.24) is 10.2 Å². The van der Waals surface area contributed by atoms with Crippen LogP contribution in [0.2, 0.25) is 0 Å². The Morgan fingerprint density at radius 1 is 1.11 bits per heavy atom. The molecule has 0 aliphatic carbocycles. The van der Waals surface area contributed by atoms with Crippen LogP contribution in [0.15, 0.2) is 24.3 Å². The summed E-state index contributed by atoms with van der Waals surface area (Å²) in [6, 6.07) is 8.26. The molecule has 0 aliphatic heterocycles. The molecule has 1 rings (SSSR count). The summed E-state index contributed by atoms with van der Waals surface area (Å²) >= 11 is 0. The topological polar surface area (TPSA) is 50.8 Å². The lowest BCUT2D eigenvalue weighted by Crippen LogP contribution is -2.45. The van der Waals surface area contributed by atoms with Gasteiger partial charge in [0.2, 0.25) is 0 Å². The summed E-state index contributed by atoms with van der Waals surface area (Å²) in [6.45, 7) is 19.0. The minimum Gasteiger partial charge on any atom is -0.496 e. The van der Waals surface area contributed by atoms with E-state index in [1.54, 1.807) is 7.11 Å². The SMILES string of the molecule is CCN(CCNC(=O)OC(C(C)(C)C)C(C)(C)C)[C@@H](C)c1ccccc1OC. The lowest BCUT2D eigenvalue weighted by molar-refractivity contribution is -0.0369. The molecule has 0 heterocycles. The molecule has 28 heavy (non-hydrogen) atoms. The molecular formula is C23H40N2O3. The fraction of sp³-hybridized carbons (Fsp3) is 0.696. The van der Waals surface area contributed by atoms with Crippen molar-refractivity contribution in [3.8, 4) is 5.75 Å². The quantitative estimate of drug-likeness (QED) is 0.655. The van der Waals surface area contributed by atoms with E-state index >= 15 is 0 Å². The van der Waals surface area contributed by atoms with Gasteiger partial charge in [0, 0.05) is 24.7 Å². The van der Waals surface area contributed by atoms with Gasteiger partial charge in [0.05, 0.1) is 7.11 Å². The van der Waals surface area contributed by atoms with Crippen LogP contribution in [0, 0.1) is 10.8 Å². The minimum atomic E-state index is -0.351. The van der Waals surface area contributed by atoms with Crippen LogP contribution in [0.5, 0.6) is 5.75 Å². The number of likely N-dealkylation sites (N-methyl/N-ethyl adjacent to an activating group) is 1. The molecule has 1 aromatic carbocycles. The molecule has 0 spiro atoms. The molecule has 1 atom stereocenters. The van der Waals surface area contributed by atoms with Crippen molar-refractivity contribution in [1.29, 1.82) is 0 Å². The van der Waals surface area contributed by atoms with Crippen molar-refractivity contribution >= 4 is 6.09 Å². The lowest BCUT2D eigenvalue weighted by atomic mass is 9.74. The lowest BCUT2D eigenvalue weighted by Gasteiger charge is -2.39.